The van der Waals surface area contributed by atoms with Gasteiger partial charge < -0.3 is 15.3 Å². The number of carboxylic acids is 1. The molecule has 0 aliphatic heterocycles. The molecule has 106 valence electrons. The highest BCUT2D eigenvalue weighted by Gasteiger charge is 2.17. The van der Waals surface area contributed by atoms with Crippen LogP contribution in [0.1, 0.15) is 19.7 Å². The normalized spacial score (nSPS) is 10.5. The van der Waals surface area contributed by atoms with Gasteiger partial charge in [-0.25, -0.2) is 9.78 Å². The van der Waals surface area contributed by atoms with Crippen LogP contribution in [0.2, 0.25) is 0 Å². The fourth-order valence-corrected chi connectivity index (χ4v) is 1.55. The van der Waals surface area contributed by atoms with Gasteiger partial charge in [0, 0.05) is 13.6 Å². The molecule has 1 heterocycles. The van der Waals surface area contributed by atoms with Gasteiger partial charge in [0.1, 0.15) is 12.9 Å². The Balaban J connectivity index is 2.53. The Kier molecular flexibility index (Phi) is 5.28. The van der Waals surface area contributed by atoms with E-state index in [9.17, 15) is 9.59 Å². The van der Waals surface area contributed by atoms with Gasteiger partial charge in [-0.3, -0.25) is 9.48 Å². The molecule has 0 saturated carbocycles. The van der Waals surface area contributed by atoms with Gasteiger partial charge in [0.15, 0.2) is 5.82 Å². The SMILES string of the molecule is CC(C)CN(CC(=O)O)C(=O)NCc1ncn(C)n1. The molecule has 0 bridgehead atoms. The molecule has 2 N–H and O–H groups in total. The summed E-state index contributed by atoms with van der Waals surface area (Å²) in [6.07, 6.45) is 1.53. The number of rotatable bonds is 6. The molecule has 19 heavy (non-hydrogen) atoms. The third-order valence-corrected chi connectivity index (χ3v) is 2.24. The Morgan fingerprint density at radius 2 is 2.21 bits per heavy atom. The monoisotopic (exact) mass is 269 g/mol. The molecule has 0 fully saturated rings. The van der Waals surface area contributed by atoms with Crippen LogP contribution in [0, 0.1) is 5.92 Å². The first-order valence-corrected chi connectivity index (χ1v) is 5.97. The van der Waals surface area contributed by atoms with Crippen LogP contribution in [0.25, 0.3) is 0 Å². The van der Waals surface area contributed by atoms with Crippen molar-refractivity contribution in [3.63, 3.8) is 0 Å². The molecule has 8 heteroatoms. The van der Waals surface area contributed by atoms with E-state index in [0.29, 0.717) is 12.4 Å². The van der Waals surface area contributed by atoms with Crippen molar-refractivity contribution in [1.29, 1.82) is 0 Å². The lowest BCUT2D eigenvalue weighted by Gasteiger charge is -2.22. The van der Waals surface area contributed by atoms with E-state index in [1.165, 1.54) is 15.9 Å². The molecule has 0 saturated heterocycles. The summed E-state index contributed by atoms with van der Waals surface area (Å²) in [4.78, 5) is 27.8. The summed E-state index contributed by atoms with van der Waals surface area (Å²) in [5, 5.41) is 15.4. The number of hydrogen-bond acceptors (Lipinski definition) is 4. The number of urea groups is 1. The van der Waals surface area contributed by atoms with Gasteiger partial charge in [-0.2, -0.15) is 5.10 Å². The number of aliphatic carboxylic acids is 1. The van der Waals surface area contributed by atoms with E-state index in [-0.39, 0.29) is 19.0 Å². The minimum absolute atomic E-state index is 0.174. The molecule has 0 aliphatic carbocycles. The standard InChI is InChI=1S/C11H19N5O3/c1-8(2)5-16(6-10(17)18)11(19)12-4-9-13-7-15(3)14-9/h7-8H,4-6H2,1-3H3,(H,12,19)(H,17,18). The van der Waals surface area contributed by atoms with E-state index in [2.05, 4.69) is 15.4 Å². The Hall–Kier alpha value is -2.12. The third kappa shape index (κ3) is 5.36. The van der Waals surface area contributed by atoms with Crippen molar-refractivity contribution in [2.75, 3.05) is 13.1 Å². The molecule has 8 nitrogen and oxygen atoms in total. The fraction of sp³-hybridized carbons (Fsp3) is 0.636. The quantitative estimate of drug-likeness (QED) is 0.761. The van der Waals surface area contributed by atoms with Crippen molar-refractivity contribution < 1.29 is 14.7 Å². The minimum Gasteiger partial charge on any atom is -0.480 e. The topological polar surface area (TPSA) is 100 Å². The lowest BCUT2D eigenvalue weighted by atomic mass is 10.2. The number of amides is 2. The van der Waals surface area contributed by atoms with Gasteiger partial charge in [-0.1, -0.05) is 13.8 Å². The molecule has 0 atom stereocenters. The van der Waals surface area contributed by atoms with E-state index in [1.807, 2.05) is 13.8 Å². The van der Waals surface area contributed by atoms with Gasteiger partial charge in [-0.15, -0.1) is 0 Å². The number of carbonyl (C=O) groups excluding carboxylic acids is 1. The maximum Gasteiger partial charge on any atom is 0.323 e. The van der Waals surface area contributed by atoms with Gasteiger partial charge in [0.25, 0.3) is 0 Å². The molecular formula is C11H19N5O3. The third-order valence-electron chi connectivity index (χ3n) is 2.24. The number of aromatic nitrogens is 3. The Morgan fingerprint density at radius 1 is 1.53 bits per heavy atom. The largest absolute Gasteiger partial charge is 0.480 e. The zero-order chi connectivity index (χ0) is 14.4. The maximum atomic E-state index is 11.9. The highest BCUT2D eigenvalue weighted by atomic mass is 16.4. The van der Waals surface area contributed by atoms with Crippen molar-refractivity contribution in [2.24, 2.45) is 13.0 Å². The van der Waals surface area contributed by atoms with Crippen LogP contribution in [0.5, 0.6) is 0 Å². The highest BCUT2D eigenvalue weighted by Crippen LogP contribution is 2.00. The molecular weight excluding hydrogens is 250 g/mol. The first kappa shape index (κ1) is 14.9. The summed E-state index contributed by atoms with van der Waals surface area (Å²) >= 11 is 0. The van der Waals surface area contributed by atoms with Crippen LogP contribution in [-0.2, 0) is 18.4 Å². The zero-order valence-electron chi connectivity index (χ0n) is 11.3. The summed E-state index contributed by atoms with van der Waals surface area (Å²) in [5.74, 6) is -0.361. The molecule has 1 aromatic heterocycles. The van der Waals surface area contributed by atoms with Crippen LogP contribution in [0.4, 0.5) is 4.79 Å². The van der Waals surface area contributed by atoms with E-state index < -0.39 is 12.0 Å². The number of carbonyl (C=O) groups is 2. The van der Waals surface area contributed by atoms with E-state index in [0.717, 1.165) is 0 Å². The van der Waals surface area contributed by atoms with Gasteiger partial charge in [0.2, 0.25) is 0 Å². The average Bonchev–Trinajstić information content (AvgIpc) is 2.70. The average molecular weight is 269 g/mol. The number of carboxylic acid groups (broad SMARTS) is 1. The lowest BCUT2D eigenvalue weighted by molar-refractivity contribution is -0.137. The Labute approximate surface area is 111 Å². The Morgan fingerprint density at radius 3 is 2.68 bits per heavy atom. The van der Waals surface area contributed by atoms with Gasteiger partial charge in [-0.05, 0) is 5.92 Å². The van der Waals surface area contributed by atoms with E-state index in [1.54, 1.807) is 7.05 Å². The predicted octanol–water partition coefficient (Wildman–Crippen LogP) is 0.0673. The molecule has 0 spiro atoms. The van der Waals surface area contributed by atoms with Gasteiger partial charge >= 0.3 is 12.0 Å². The van der Waals surface area contributed by atoms with Crippen LogP contribution in [0.3, 0.4) is 0 Å². The smallest absolute Gasteiger partial charge is 0.323 e. The van der Waals surface area contributed by atoms with Crippen molar-refractivity contribution in [1.82, 2.24) is 25.0 Å². The second-order valence-corrected chi connectivity index (χ2v) is 4.66. The van der Waals surface area contributed by atoms with Crippen molar-refractivity contribution in [3.05, 3.63) is 12.2 Å². The van der Waals surface area contributed by atoms with Crippen LogP contribution in [-0.4, -0.2) is 49.9 Å². The molecule has 0 unspecified atom stereocenters. The summed E-state index contributed by atoms with van der Waals surface area (Å²) in [5.41, 5.74) is 0. The van der Waals surface area contributed by atoms with Gasteiger partial charge in [0.05, 0.1) is 6.54 Å². The fourth-order valence-electron chi connectivity index (χ4n) is 1.55. The molecule has 0 aliphatic rings. The number of aryl methyl sites for hydroxylation is 1. The Bertz CT molecular complexity index is 443. The summed E-state index contributed by atoms with van der Waals surface area (Å²) < 4.78 is 1.53. The lowest BCUT2D eigenvalue weighted by Crippen LogP contribution is -2.44. The van der Waals surface area contributed by atoms with Crippen molar-refractivity contribution in [3.8, 4) is 0 Å². The number of nitrogens with zero attached hydrogens (tertiary/aromatic N) is 4. The van der Waals surface area contributed by atoms with Crippen LogP contribution in [0.15, 0.2) is 6.33 Å². The van der Waals surface area contributed by atoms with Crippen LogP contribution < -0.4 is 5.32 Å². The zero-order valence-corrected chi connectivity index (χ0v) is 11.3. The predicted molar refractivity (Wildman–Crippen MR) is 67.3 cm³/mol. The summed E-state index contributed by atoms with van der Waals surface area (Å²) in [6.45, 7) is 4.08. The molecule has 2 amide bonds. The first-order chi connectivity index (χ1) is 8.88. The summed E-state index contributed by atoms with van der Waals surface area (Å²) in [7, 11) is 1.73. The second kappa shape index (κ2) is 6.72. The number of hydrogen-bond donors (Lipinski definition) is 2. The van der Waals surface area contributed by atoms with E-state index in [4.69, 9.17) is 5.11 Å². The molecule has 0 aromatic carbocycles. The first-order valence-electron chi connectivity index (χ1n) is 5.97. The summed E-state index contributed by atoms with van der Waals surface area (Å²) in [6, 6.07) is -0.427. The molecule has 1 rings (SSSR count). The van der Waals surface area contributed by atoms with Crippen LogP contribution >= 0.6 is 0 Å². The van der Waals surface area contributed by atoms with Crippen molar-refractivity contribution >= 4 is 12.0 Å². The highest BCUT2D eigenvalue weighted by molar-refractivity contribution is 5.80. The molecule has 1 aromatic rings. The maximum absolute atomic E-state index is 11.9. The minimum atomic E-state index is -1.04. The molecule has 0 radical (unpaired) electrons. The number of nitrogens with one attached hydrogen (secondary N) is 1. The van der Waals surface area contributed by atoms with Crippen molar-refractivity contribution in [2.45, 2.75) is 20.4 Å². The second-order valence-electron chi connectivity index (χ2n) is 4.66. The van der Waals surface area contributed by atoms with E-state index >= 15 is 0 Å².